The summed E-state index contributed by atoms with van der Waals surface area (Å²) in [5, 5.41) is 9.70. The molecular weight excluding hydrogens is 180 g/mol. The molecule has 2 aromatic rings. The maximum atomic E-state index is 8.63. The summed E-state index contributed by atoms with van der Waals surface area (Å²) in [5.41, 5.74) is 1.79. The van der Waals surface area contributed by atoms with Gasteiger partial charge in [0.25, 0.3) is 0 Å². The van der Waals surface area contributed by atoms with Crippen LogP contribution in [0, 0.1) is 6.92 Å². The van der Waals surface area contributed by atoms with Gasteiger partial charge in [-0.25, -0.2) is 0 Å². The molecule has 0 spiro atoms. The van der Waals surface area contributed by atoms with Gasteiger partial charge in [-0.2, -0.15) is 4.98 Å². The van der Waals surface area contributed by atoms with E-state index in [0.29, 0.717) is 5.88 Å². The number of hydrogen-bond acceptors (Lipinski definition) is 3. The van der Waals surface area contributed by atoms with E-state index in [2.05, 4.69) is 9.97 Å². The molecule has 0 aliphatic rings. The van der Waals surface area contributed by atoms with Gasteiger partial charge in [-0.3, -0.25) is 0 Å². The first-order valence-corrected chi connectivity index (χ1v) is 4.49. The van der Waals surface area contributed by atoms with E-state index in [9.17, 15) is 0 Å². The Morgan fingerprint density at radius 1 is 1.57 bits per heavy atom. The fourth-order valence-electron chi connectivity index (χ4n) is 1.36. The molecular formula is C10H12N2O2. The number of aliphatic hydroxyl groups is 1. The molecule has 2 heterocycles. The monoisotopic (exact) mass is 192 g/mol. The van der Waals surface area contributed by atoms with Crippen LogP contribution in [0.3, 0.4) is 0 Å². The van der Waals surface area contributed by atoms with Crippen LogP contribution in [0.2, 0.25) is 0 Å². The second-order valence-corrected chi connectivity index (χ2v) is 3.10. The molecule has 14 heavy (non-hydrogen) atoms. The van der Waals surface area contributed by atoms with Crippen molar-refractivity contribution in [2.24, 2.45) is 0 Å². The lowest BCUT2D eigenvalue weighted by Gasteiger charge is -2.05. The Bertz CT molecular complexity index is 437. The SMILES string of the molecule is Cc1cc2cc[nH]c2nc1OCCO. The lowest BCUT2D eigenvalue weighted by Crippen LogP contribution is -2.04. The highest BCUT2D eigenvalue weighted by Crippen LogP contribution is 2.20. The number of nitrogens with zero attached hydrogens (tertiary/aromatic N) is 1. The minimum atomic E-state index is 0.00385. The molecule has 2 rings (SSSR count). The quantitative estimate of drug-likeness (QED) is 0.769. The number of nitrogens with one attached hydrogen (secondary N) is 1. The Morgan fingerprint density at radius 3 is 3.21 bits per heavy atom. The summed E-state index contributed by atoms with van der Waals surface area (Å²) in [6.07, 6.45) is 1.84. The van der Waals surface area contributed by atoms with Crippen LogP contribution in [0.5, 0.6) is 5.88 Å². The van der Waals surface area contributed by atoms with E-state index in [1.807, 2.05) is 25.3 Å². The predicted octanol–water partition coefficient (Wildman–Crippen LogP) is 1.24. The molecule has 74 valence electrons. The highest BCUT2D eigenvalue weighted by Gasteiger charge is 2.04. The average Bonchev–Trinajstić information content (AvgIpc) is 2.61. The van der Waals surface area contributed by atoms with Crippen LogP contribution in [-0.4, -0.2) is 28.3 Å². The molecule has 0 amide bonds. The van der Waals surface area contributed by atoms with Crippen molar-refractivity contribution in [3.05, 3.63) is 23.9 Å². The summed E-state index contributed by atoms with van der Waals surface area (Å²) in [6, 6.07) is 3.97. The Balaban J connectivity index is 2.38. The van der Waals surface area contributed by atoms with E-state index in [0.717, 1.165) is 16.6 Å². The molecule has 0 aliphatic heterocycles. The summed E-state index contributed by atoms with van der Waals surface area (Å²) >= 11 is 0. The van der Waals surface area contributed by atoms with Crippen LogP contribution in [0.4, 0.5) is 0 Å². The van der Waals surface area contributed by atoms with Crippen molar-refractivity contribution in [2.75, 3.05) is 13.2 Å². The van der Waals surface area contributed by atoms with Crippen molar-refractivity contribution in [3.63, 3.8) is 0 Å². The van der Waals surface area contributed by atoms with Gasteiger partial charge in [0.05, 0.1) is 6.61 Å². The fraction of sp³-hybridized carbons (Fsp3) is 0.300. The molecule has 0 saturated heterocycles. The number of aryl methyl sites for hydroxylation is 1. The van der Waals surface area contributed by atoms with Gasteiger partial charge in [0.2, 0.25) is 5.88 Å². The standard InChI is InChI=1S/C10H12N2O2/c1-7-6-8-2-3-11-9(8)12-10(7)14-5-4-13/h2-3,6,13H,4-5H2,1H3,(H,11,12). The van der Waals surface area contributed by atoms with Crippen LogP contribution >= 0.6 is 0 Å². The summed E-state index contributed by atoms with van der Waals surface area (Å²) in [7, 11) is 0. The van der Waals surface area contributed by atoms with Gasteiger partial charge in [-0.1, -0.05) is 0 Å². The van der Waals surface area contributed by atoms with Crippen LogP contribution in [-0.2, 0) is 0 Å². The summed E-state index contributed by atoms with van der Waals surface area (Å²) in [5.74, 6) is 0.578. The van der Waals surface area contributed by atoms with Crippen molar-refractivity contribution in [3.8, 4) is 5.88 Å². The molecule has 4 nitrogen and oxygen atoms in total. The highest BCUT2D eigenvalue weighted by molar-refractivity contribution is 5.76. The molecule has 0 atom stereocenters. The van der Waals surface area contributed by atoms with E-state index in [1.165, 1.54) is 0 Å². The van der Waals surface area contributed by atoms with Gasteiger partial charge in [-0.15, -0.1) is 0 Å². The molecule has 0 aromatic carbocycles. The Labute approximate surface area is 81.5 Å². The van der Waals surface area contributed by atoms with Crippen molar-refractivity contribution in [2.45, 2.75) is 6.92 Å². The maximum absolute atomic E-state index is 8.63. The second kappa shape index (κ2) is 3.67. The molecule has 4 heteroatoms. The van der Waals surface area contributed by atoms with Crippen LogP contribution in [0.15, 0.2) is 18.3 Å². The number of H-pyrrole nitrogens is 1. The smallest absolute Gasteiger partial charge is 0.218 e. The highest BCUT2D eigenvalue weighted by atomic mass is 16.5. The number of pyridine rings is 1. The number of hydrogen-bond donors (Lipinski definition) is 2. The third-order valence-electron chi connectivity index (χ3n) is 2.01. The number of ether oxygens (including phenoxy) is 1. The largest absolute Gasteiger partial charge is 0.475 e. The van der Waals surface area contributed by atoms with Gasteiger partial charge >= 0.3 is 0 Å². The van der Waals surface area contributed by atoms with Crippen molar-refractivity contribution in [1.29, 1.82) is 0 Å². The molecule has 2 N–H and O–H groups in total. The summed E-state index contributed by atoms with van der Waals surface area (Å²) in [6.45, 7) is 2.22. The van der Waals surface area contributed by atoms with E-state index in [4.69, 9.17) is 9.84 Å². The number of aromatic amines is 1. The van der Waals surface area contributed by atoms with Gasteiger partial charge in [-0.05, 0) is 19.1 Å². The van der Waals surface area contributed by atoms with E-state index in [-0.39, 0.29) is 13.2 Å². The van der Waals surface area contributed by atoms with Crippen molar-refractivity contribution in [1.82, 2.24) is 9.97 Å². The number of rotatable bonds is 3. The summed E-state index contributed by atoms with van der Waals surface area (Å²) in [4.78, 5) is 7.29. The zero-order valence-electron chi connectivity index (χ0n) is 7.95. The fourth-order valence-corrected chi connectivity index (χ4v) is 1.36. The first kappa shape index (κ1) is 9.02. The topological polar surface area (TPSA) is 58.1 Å². The zero-order valence-corrected chi connectivity index (χ0v) is 7.95. The van der Waals surface area contributed by atoms with Gasteiger partial charge in [0.1, 0.15) is 12.3 Å². The molecule has 0 unspecified atom stereocenters. The molecule has 0 aliphatic carbocycles. The molecule has 0 fully saturated rings. The minimum absolute atomic E-state index is 0.00385. The van der Waals surface area contributed by atoms with Gasteiger partial charge < -0.3 is 14.8 Å². The lowest BCUT2D eigenvalue weighted by atomic mass is 10.2. The maximum Gasteiger partial charge on any atom is 0.218 e. The minimum Gasteiger partial charge on any atom is -0.475 e. The summed E-state index contributed by atoms with van der Waals surface area (Å²) < 4.78 is 5.28. The Kier molecular flexibility index (Phi) is 2.37. The van der Waals surface area contributed by atoms with Crippen LogP contribution < -0.4 is 4.74 Å². The third-order valence-corrected chi connectivity index (χ3v) is 2.01. The third kappa shape index (κ3) is 1.56. The van der Waals surface area contributed by atoms with Gasteiger partial charge in [0.15, 0.2) is 0 Å². The number of aromatic nitrogens is 2. The van der Waals surface area contributed by atoms with E-state index < -0.39 is 0 Å². The van der Waals surface area contributed by atoms with E-state index in [1.54, 1.807) is 0 Å². The molecule has 2 aromatic heterocycles. The second-order valence-electron chi connectivity index (χ2n) is 3.10. The molecule has 0 saturated carbocycles. The lowest BCUT2D eigenvalue weighted by molar-refractivity contribution is 0.196. The van der Waals surface area contributed by atoms with Crippen molar-refractivity contribution >= 4 is 11.0 Å². The van der Waals surface area contributed by atoms with Crippen LogP contribution in [0.1, 0.15) is 5.56 Å². The van der Waals surface area contributed by atoms with Crippen LogP contribution in [0.25, 0.3) is 11.0 Å². The Hall–Kier alpha value is -1.55. The Morgan fingerprint density at radius 2 is 2.43 bits per heavy atom. The number of aliphatic hydroxyl groups excluding tert-OH is 1. The predicted molar refractivity (Wildman–Crippen MR) is 53.4 cm³/mol. The first-order valence-electron chi connectivity index (χ1n) is 4.49. The van der Waals surface area contributed by atoms with E-state index >= 15 is 0 Å². The molecule has 0 radical (unpaired) electrons. The van der Waals surface area contributed by atoms with Gasteiger partial charge in [0, 0.05) is 17.1 Å². The zero-order chi connectivity index (χ0) is 9.97. The molecule has 0 bridgehead atoms. The normalized spacial score (nSPS) is 10.7. The van der Waals surface area contributed by atoms with Crippen molar-refractivity contribution < 1.29 is 9.84 Å². The average molecular weight is 192 g/mol. The number of fused-ring (bicyclic) bond motifs is 1. The first-order chi connectivity index (χ1) is 6.81.